The summed E-state index contributed by atoms with van der Waals surface area (Å²) >= 11 is 0. The van der Waals surface area contributed by atoms with Gasteiger partial charge < -0.3 is 4.98 Å². The minimum atomic E-state index is -0.279. The number of aryl methyl sites for hydroxylation is 1. The number of carbonyl (C=O) groups excluding carboxylic acids is 1. The average molecular weight is 152 g/mol. The fraction of sp³-hybridized carbons (Fsp3) is 0.286. The summed E-state index contributed by atoms with van der Waals surface area (Å²) in [7, 11) is 0. The van der Waals surface area contributed by atoms with Gasteiger partial charge in [0.2, 0.25) is 0 Å². The number of rotatable bonds is 2. The van der Waals surface area contributed by atoms with Crippen LogP contribution in [0.1, 0.15) is 23.2 Å². The molecule has 4 heteroatoms. The van der Waals surface area contributed by atoms with Gasteiger partial charge in [-0.1, -0.05) is 6.92 Å². The lowest BCUT2D eigenvalue weighted by Gasteiger charge is -1.94. The van der Waals surface area contributed by atoms with Gasteiger partial charge >= 0.3 is 0 Å². The molecule has 0 saturated heterocycles. The van der Waals surface area contributed by atoms with Gasteiger partial charge in [-0.2, -0.15) is 0 Å². The van der Waals surface area contributed by atoms with E-state index in [0.717, 1.165) is 0 Å². The fourth-order valence-corrected chi connectivity index (χ4v) is 0.756. The monoisotopic (exact) mass is 152 g/mol. The first-order chi connectivity index (χ1) is 5.26. The van der Waals surface area contributed by atoms with Crippen LogP contribution in [0.25, 0.3) is 0 Å². The Kier molecular flexibility index (Phi) is 2.15. The van der Waals surface area contributed by atoms with Crippen LogP contribution >= 0.6 is 0 Å². The summed E-state index contributed by atoms with van der Waals surface area (Å²) < 4.78 is 0. The number of aldehydes is 1. The lowest BCUT2D eigenvalue weighted by atomic mass is 10.4. The van der Waals surface area contributed by atoms with E-state index in [0.29, 0.717) is 18.5 Å². The predicted molar refractivity (Wildman–Crippen MR) is 39.6 cm³/mol. The van der Waals surface area contributed by atoms with E-state index in [1.807, 2.05) is 6.92 Å². The van der Waals surface area contributed by atoms with E-state index in [9.17, 15) is 9.59 Å². The molecular formula is C7H8N2O2. The van der Waals surface area contributed by atoms with E-state index in [1.165, 1.54) is 6.07 Å². The summed E-state index contributed by atoms with van der Waals surface area (Å²) in [6.07, 6.45) is 1.19. The Morgan fingerprint density at radius 1 is 1.73 bits per heavy atom. The summed E-state index contributed by atoms with van der Waals surface area (Å²) in [6, 6.07) is 1.17. The van der Waals surface area contributed by atoms with Crippen LogP contribution in [-0.2, 0) is 6.42 Å². The van der Waals surface area contributed by atoms with Gasteiger partial charge in [-0.05, 0) is 0 Å². The molecular weight excluding hydrogens is 144 g/mol. The SMILES string of the molecule is CCc1nc(C=O)cc(=O)[nH]1. The van der Waals surface area contributed by atoms with Gasteiger partial charge in [0.25, 0.3) is 5.56 Å². The number of H-pyrrole nitrogens is 1. The van der Waals surface area contributed by atoms with Crippen molar-refractivity contribution < 1.29 is 4.79 Å². The Labute approximate surface area is 63.3 Å². The van der Waals surface area contributed by atoms with Gasteiger partial charge in [0, 0.05) is 12.5 Å². The Balaban J connectivity index is 3.22. The molecule has 0 aliphatic heterocycles. The third-order valence-electron chi connectivity index (χ3n) is 1.27. The van der Waals surface area contributed by atoms with E-state index in [2.05, 4.69) is 9.97 Å². The molecule has 1 aromatic heterocycles. The van der Waals surface area contributed by atoms with Crippen molar-refractivity contribution in [3.63, 3.8) is 0 Å². The zero-order valence-electron chi connectivity index (χ0n) is 6.13. The van der Waals surface area contributed by atoms with Gasteiger partial charge in [-0.25, -0.2) is 4.98 Å². The number of aromatic nitrogens is 2. The highest BCUT2D eigenvalue weighted by atomic mass is 16.1. The maximum absolute atomic E-state index is 10.8. The van der Waals surface area contributed by atoms with Crippen LogP contribution in [0, 0.1) is 0 Å². The van der Waals surface area contributed by atoms with Crippen molar-refractivity contribution in [3.8, 4) is 0 Å². The second-order valence-electron chi connectivity index (χ2n) is 2.09. The molecule has 0 unspecified atom stereocenters. The Hall–Kier alpha value is -1.45. The fourth-order valence-electron chi connectivity index (χ4n) is 0.756. The van der Waals surface area contributed by atoms with Crippen LogP contribution in [0.15, 0.2) is 10.9 Å². The average Bonchev–Trinajstić information content (AvgIpc) is 2.03. The Morgan fingerprint density at radius 2 is 2.45 bits per heavy atom. The molecule has 0 fully saturated rings. The molecule has 0 saturated carbocycles. The number of carbonyl (C=O) groups is 1. The number of nitrogens with one attached hydrogen (secondary N) is 1. The molecule has 0 aliphatic rings. The molecule has 1 aromatic rings. The van der Waals surface area contributed by atoms with E-state index in [-0.39, 0.29) is 11.3 Å². The molecule has 0 radical (unpaired) electrons. The van der Waals surface area contributed by atoms with Crippen LogP contribution in [0.5, 0.6) is 0 Å². The molecule has 0 aliphatic carbocycles. The topological polar surface area (TPSA) is 62.8 Å². The molecule has 11 heavy (non-hydrogen) atoms. The van der Waals surface area contributed by atoms with Gasteiger partial charge in [-0.3, -0.25) is 9.59 Å². The van der Waals surface area contributed by atoms with Crippen LogP contribution in [-0.4, -0.2) is 16.3 Å². The summed E-state index contributed by atoms with van der Waals surface area (Å²) in [6.45, 7) is 1.85. The first-order valence-electron chi connectivity index (χ1n) is 3.31. The van der Waals surface area contributed by atoms with E-state index in [1.54, 1.807) is 0 Å². The Bertz CT molecular complexity index is 316. The second kappa shape index (κ2) is 3.09. The zero-order valence-corrected chi connectivity index (χ0v) is 6.13. The molecule has 4 nitrogen and oxygen atoms in total. The highest BCUT2D eigenvalue weighted by Crippen LogP contribution is 1.88. The molecule has 0 bridgehead atoms. The van der Waals surface area contributed by atoms with Crippen molar-refractivity contribution in [3.05, 3.63) is 27.9 Å². The van der Waals surface area contributed by atoms with Gasteiger partial charge in [0.15, 0.2) is 6.29 Å². The van der Waals surface area contributed by atoms with E-state index in [4.69, 9.17) is 0 Å². The first kappa shape index (κ1) is 7.65. The summed E-state index contributed by atoms with van der Waals surface area (Å²) in [5, 5.41) is 0. The van der Waals surface area contributed by atoms with Crippen LogP contribution in [0.4, 0.5) is 0 Å². The van der Waals surface area contributed by atoms with Crippen LogP contribution in [0.3, 0.4) is 0 Å². The minimum Gasteiger partial charge on any atom is -0.311 e. The lowest BCUT2D eigenvalue weighted by Crippen LogP contribution is -2.11. The van der Waals surface area contributed by atoms with E-state index < -0.39 is 0 Å². The molecule has 0 atom stereocenters. The highest BCUT2D eigenvalue weighted by Gasteiger charge is 1.96. The van der Waals surface area contributed by atoms with Crippen molar-refractivity contribution in [2.24, 2.45) is 0 Å². The predicted octanol–water partition coefficient (Wildman–Crippen LogP) is 0.145. The quantitative estimate of drug-likeness (QED) is 0.613. The minimum absolute atomic E-state index is 0.186. The molecule has 1 N–H and O–H groups in total. The molecule has 58 valence electrons. The van der Waals surface area contributed by atoms with Crippen molar-refractivity contribution in [2.75, 3.05) is 0 Å². The van der Waals surface area contributed by atoms with Crippen LogP contribution in [0.2, 0.25) is 0 Å². The third kappa shape index (κ3) is 1.73. The Morgan fingerprint density at radius 3 is 3.00 bits per heavy atom. The summed E-state index contributed by atoms with van der Waals surface area (Å²) in [5.41, 5.74) is -0.0930. The molecule has 0 spiro atoms. The normalized spacial score (nSPS) is 9.55. The second-order valence-corrected chi connectivity index (χ2v) is 2.09. The zero-order chi connectivity index (χ0) is 8.27. The first-order valence-corrected chi connectivity index (χ1v) is 3.31. The highest BCUT2D eigenvalue weighted by molar-refractivity contribution is 5.71. The van der Waals surface area contributed by atoms with Crippen molar-refractivity contribution in [2.45, 2.75) is 13.3 Å². The summed E-state index contributed by atoms with van der Waals surface area (Å²) in [5.74, 6) is 0.541. The molecule has 1 heterocycles. The largest absolute Gasteiger partial charge is 0.311 e. The number of nitrogens with zero attached hydrogens (tertiary/aromatic N) is 1. The van der Waals surface area contributed by atoms with E-state index >= 15 is 0 Å². The van der Waals surface area contributed by atoms with Gasteiger partial charge in [0.1, 0.15) is 11.5 Å². The molecule has 0 aromatic carbocycles. The van der Waals surface area contributed by atoms with Crippen molar-refractivity contribution in [1.82, 2.24) is 9.97 Å². The third-order valence-corrected chi connectivity index (χ3v) is 1.27. The van der Waals surface area contributed by atoms with Crippen molar-refractivity contribution in [1.29, 1.82) is 0 Å². The molecule has 1 rings (SSSR count). The number of hydrogen-bond donors (Lipinski definition) is 1. The number of hydrogen-bond acceptors (Lipinski definition) is 3. The lowest BCUT2D eigenvalue weighted by molar-refractivity contribution is 0.111. The van der Waals surface area contributed by atoms with Gasteiger partial charge in [-0.15, -0.1) is 0 Å². The van der Waals surface area contributed by atoms with Crippen LogP contribution < -0.4 is 5.56 Å². The smallest absolute Gasteiger partial charge is 0.251 e. The molecule has 0 amide bonds. The van der Waals surface area contributed by atoms with Gasteiger partial charge in [0.05, 0.1) is 0 Å². The number of aromatic amines is 1. The maximum Gasteiger partial charge on any atom is 0.251 e. The maximum atomic E-state index is 10.8. The summed E-state index contributed by atoms with van der Waals surface area (Å²) in [4.78, 5) is 27.3. The van der Waals surface area contributed by atoms with Crippen molar-refractivity contribution >= 4 is 6.29 Å². The standard InChI is InChI=1S/C7H8N2O2/c1-2-6-8-5(4-10)3-7(11)9-6/h3-4H,2H2,1H3,(H,8,9,11).